The van der Waals surface area contributed by atoms with E-state index in [1.807, 2.05) is 23.8 Å². The Balaban J connectivity index is 2.17. The van der Waals surface area contributed by atoms with Crippen LogP contribution in [0.2, 0.25) is 0 Å². The van der Waals surface area contributed by atoms with Gasteiger partial charge in [-0.2, -0.15) is 0 Å². The second kappa shape index (κ2) is 4.42. The molecule has 0 saturated carbocycles. The molecule has 3 heterocycles. The fourth-order valence-corrected chi connectivity index (χ4v) is 3.42. The van der Waals surface area contributed by atoms with Gasteiger partial charge in [0.2, 0.25) is 0 Å². The lowest BCUT2D eigenvalue weighted by Gasteiger charge is -2.03. The molecular weight excluding hydrogens is 286 g/mol. The molecule has 0 aromatic carbocycles. The van der Waals surface area contributed by atoms with Crippen molar-refractivity contribution in [3.63, 3.8) is 0 Å². The Morgan fingerprint density at radius 3 is 3.06 bits per heavy atom. The van der Waals surface area contributed by atoms with Crippen LogP contribution in [-0.2, 0) is 6.54 Å². The highest BCUT2D eigenvalue weighted by atomic mass is 32.1. The minimum Gasteiger partial charge on any atom is -0.331 e. The average molecular weight is 295 g/mol. The first kappa shape index (κ1) is 11.8. The zero-order valence-electron chi connectivity index (χ0n) is 9.47. The van der Waals surface area contributed by atoms with E-state index in [-0.39, 0.29) is 5.56 Å². The molecular formula is C11H9N3OS3. The van der Waals surface area contributed by atoms with Gasteiger partial charge in [-0.15, -0.1) is 22.7 Å². The summed E-state index contributed by atoms with van der Waals surface area (Å²) in [5.74, 6) is 0. The van der Waals surface area contributed by atoms with Gasteiger partial charge in [0, 0.05) is 5.38 Å². The fraction of sp³-hybridized carbons (Fsp3) is 0.182. The third kappa shape index (κ3) is 1.94. The predicted octanol–water partition coefficient (Wildman–Crippen LogP) is 2.93. The first-order valence-electron chi connectivity index (χ1n) is 5.26. The van der Waals surface area contributed by atoms with E-state index in [2.05, 4.69) is 9.97 Å². The van der Waals surface area contributed by atoms with Crippen molar-refractivity contribution >= 4 is 45.1 Å². The van der Waals surface area contributed by atoms with Crippen molar-refractivity contribution in [3.05, 3.63) is 42.7 Å². The summed E-state index contributed by atoms with van der Waals surface area (Å²) in [6.07, 6.45) is 0. The van der Waals surface area contributed by atoms with Gasteiger partial charge >= 0.3 is 0 Å². The smallest absolute Gasteiger partial charge is 0.272 e. The fourth-order valence-electron chi connectivity index (χ4n) is 1.76. The third-order valence-corrected chi connectivity index (χ3v) is 4.63. The van der Waals surface area contributed by atoms with Crippen LogP contribution >= 0.6 is 34.9 Å². The molecule has 0 atom stereocenters. The van der Waals surface area contributed by atoms with Crippen molar-refractivity contribution in [2.75, 3.05) is 0 Å². The van der Waals surface area contributed by atoms with Crippen molar-refractivity contribution in [1.82, 2.24) is 14.5 Å². The van der Waals surface area contributed by atoms with Gasteiger partial charge < -0.3 is 4.98 Å². The van der Waals surface area contributed by atoms with E-state index in [1.165, 1.54) is 11.3 Å². The van der Waals surface area contributed by atoms with Crippen LogP contribution in [0, 0.1) is 11.7 Å². The monoisotopic (exact) mass is 295 g/mol. The molecule has 0 fully saturated rings. The second-order valence-corrected chi connectivity index (χ2v) is 6.21. The number of thiophene rings is 1. The van der Waals surface area contributed by atoms with Gasteiger partial charge in [-0.05, 0) is 30.6 Å². The molecule has 0 bridgehead atoms. The maximum atomic E-state index is 12.3. The number of aromatic amines is 1. The maximum absolute atomic E-state index is 12.3. The summed E-state index contributed by atoms with van der Waals surface area (Å²) in [4.78, 5) is 19.7. The Morgan fingerprint density at radius 2 is 2.33 bits per heavy atom. The van der Waals surface area contributed by atoms with Gasteiger partial charge in [-0.1, -0.05) is 0 Å². The van der Waals surface area contributed by atoms with Gasteiger partial charge in [0.1, 0.15) is 4.70 Å². The van der Waals surface area contributed by atoms with Crippen LogP contribution in [0.4, 0.5) is 0 Å². The summed E-state index contributed by atoms with van der Waals surface area (Å²) >= 11 is 8.22. The van der Waals surface area contributed by atoms with Crippen molar-refractivity contribution in [3.8, 4) is 0 Å². The number of hydrogen-bond acceptors (Lipinski definition) is 5. The van der Waals surface area contributed by atoms with Gasteiger partial charge in [-0.25, -0.2) is 4.98 Å². The first-order chi connectivity index (χ1) is 8.65. The van der Waals surface area contributed by atoms with Crippen LogP contribution in [0.5, 0.6) is 0 Å². The molecule has 0 radical (unpaired) electrons. The predicted molar refractivity (Wildman–Crippen MR) is 77.2 cm³/mol. The largest absolute Gasteiger partial charge is 0.331 e. The van der Waals surface area contributed by atoms with E-state index < -0.39 is 0 Å². The van der Waals surface area contributed by atoms with Crippen LogP contribution < -0.4 is 5.56 Å². The summed E-state index contributed by atoms with van der Waals surface area (Å²) in [5.41, 5.74) is 1.63. The van der Waals surface area contributed by atoms with E-state index in [1.54, 1.807) is 15.9 Å². The first-order valence-corrected chi connectivity index (χ1v) is 7.43. The number of rotatable bonds is 2. The molecule has 0 aliphatic carbocycles. The lowest BCUT2D eigenvalue weighted by atomic mass is 10.4. The quantitative estimate of drug-likeness (QED) is 0.740. The summed E-state index contributed by atoms with van der Waals surface area (Å²) in [6.45, 7) is 2.37. The minimum absolute atomic E-state index is 0.0468. The topological polar surface area (TPSA) is 50.7 Å². The molecule has 0 spiro atoms. The van der Waals surface area contributed by atoms with Gasteiger partial charge in [0.25, 0.3) is 5.56 Å². The SMILES string of the molecule is Cc1nc(Cn2c(=S)[nH]c3ccsc3c2=O)cs1. The third-order valence-electron chi connectivity index (χ3n) is 2.58. The lowest BCUT2D eigenvalue weighted by Crippen LogP contribution is -2.22. The molecule has 1 N–H and O–H groups in total. The number of aromatic nitrogens is 3. The van der Waals surface area contributed by atoms with Crippen LogP contribution in [0.15, 0.2) is 21.6 Å². The molecule has 18 heavy (non-hydrogen) atoms. The van der Waals surface area contributed by atoms with E-state index in [0.717, 1.165) is 16.2 Å². The number of thiazole rings is 1. The Bertz CT molecular complexity index is 824. The van der Waals surface area contributed by atoms with E-state index in [9.17, 15) is 4.79 Å². The second-order valence-electron chi connectivity index (χ2n) is 3.84. The summed E-state index contributed by atoms with van der Waals surface area (Å²) in [5, 5.41) is 4.83. The van der Waals surface area contributed by atoms with Gasteiger partial charge in [-0.3, -0.25) is 9.36 Å². The van der Waals surface area contributed by atoms with Gasteiger partial charge in [0.15, 0.2) is 4.77 Å². The number of aryl methyl sites for hydroxylation is 1. The molecule has 0 saturated heterocycles. The standard InChI is InChI=1S/C11H9N3OS3/c1-6-12-7(5-18-6)4-14-10(15)9-8(2-3-17-9)13-11(14)16/h2-3,5H,4H2,1H3,(H,13,16). The molecule has 0 aliphatic rings. The van der Waals surface area contributed by atoms with Crippen LogP contribution in [0.25, 0.3) is 10.2 Å². The molecule has 4 nitrogen and oxygen atoms in total. The zero-order chi connectivity index (χ0) is 12.7. The molecule has 3 aromatic heterocycles. The van der Waals surface area contributed by atoms with E-state index in [4.69, 9.17) is 12.2 Å². The van der Waals surface area contributed by atoms with Crippen molar-refractivity contribution < 1.29 is 0 Å². The van der Waals surface area contributed by atoms with Crippen molar-refractivity contribution in [1.29, 1.82) is 0 Å². The van der Waals surface area contributed by atoms with Crippen LogP contribution in [0.3, 0.4) is 0 Å². The summed E-state index contributed by atoms with van der Waals surface area (Å²) in [6, 6.07) is 1.87. The Labute approximate surface area is 116 Å². The summed E-state index contributed by atoms with van der Waals surface area (Å²) < 4.78 is 2.70. The number of fused-ring (bicyclic) bond motifs is 1. The molecule has 0 amide bonds. The van der Waals surface area contributed by atoms with Gasteiger partial charge in [0.05, 0.1) is 22.8 Å². The minimum atomic E-state index is -0.0468. The number of hydrogen-bond donors (Lipinski definition) is 1. The number of nitrogens with one attached hydrogen (secondary N) is 1. The molecule has 7 heteroatoms. The average Bonchev–Trinajstić information content (AvgIpc) is 2.93. The van der Waals surface area contributed by atoms with E-state index in [0.29, 0.717) is 16.0 Å². The molecule has 92 valence electrons. The maximum Gasteiger partial charge on any atom is 0.272 e. The van der Waals surface area contributed by atoms with Crippen LogP contribution in [-0.4, -0.2) is 14.5 Å². The van der Waals surface area contributed by atoms with Crippen molar-refractivity contribution in [2.45, 2.75) is 13.5 Å². The highest BCUT2D eigenvalue weighted by Crippen LogP contribution is 2.15. The van der Waals surface area contributed by atoms with Crippen molar-refractivity contribution in [2.24, 2.45) is 0 Å². The molecule has 3 aromatic rings. The molecule has 0 unspecified atom stereocenters. The molecule has 3 rings (SSSR count). The highest BCUT2D eigenvalue weighted by molar-refractivity contribution is 7.71. The number of nitrogens with zero attached hydrogens (tertiary/aromatic N) is 2. The summed E-state index contributed by atoms with van der Waals surface area (Å²) in [7, 11) is 0. The zero-order valence-corrected chi connectivity index (χ0v) is 11.9. The Hall–Kier alpha value is -1.31. The molecule has 0 aliphatic heterocycles. The lowest BCUT2D eigenvalue weighted by molar-refractivity contribution is 0.721. The van der Waals surface area contributed by atoms with Crippen LogP contribution in [0.1, 0.15) is 10.7 Å². The highest BCUT2D eigenvalue weighted by Gasteiger charge is 2.08. The number of H-pyrrole nitrogens is 1. The Kier molecular flexibility index (Phi) is 2.89. The van der Waals surface area contributed by atoms with E-state index >= 15 is 0 Å². The Morgan fingerprint density at radius 1 is 1.50 bits per heavy atom. The normalized spacial score (nSPS) is 11.2.